The molecule has 0 aliphatic rings. The van der Waals surface area contributed by atoms with Gasteiger partial charge in [0.1, 0.15) is 0 Å². The van der Waals surface area contributed by atoms with E-state index in [1.54, 1.807) is 13.2 Å². The number of imidazole rings is 1. The lowest BCUT2D eigenvalue weighted by molar-refractivity contribution is 0.699. The Morgan fingerprint density at radius 2 is 2.09 bits per heavy atom. The van der Waals surface area contributed by atoms with E-state index < -0.39 is 0 Å². The fraction of sp³-hybridized carbons (Fsp3) is 0.375. The Morgan fingerprint density at radius 1 is 1.32 bits per heavy atom. The minimum atomic E-state index is 0. The molecule has 0 aliphatic heterocycles. The monoisotopic (exact) mass is 413 g/mol. The molecular formula is C16H24IN5. The van der Waals surface area contributed by atoms with Crippen molar-refractivity contribution in [3.05, 3.63) is 54.1 Å². The number of aliphatic imine (C=N–C) groups is 1. The number of nitrogens with zero attached hydrogens (tertiary/aromatic N) is 3. The van der Waals surface area contributed by atoms with Gasteiger partial charge in [-0.25, -0.2) is 4.98 Å². The van der Waals surface area contributed by atoms with Gasteiger partial charge in [0.05, 0.1) is 6.33 Å². The summed E-state index contributed by atoms with van der Waals surface area (Å²) in [7, 11) is 1.78. The molecule has 0 atom stereocenters. The number of aromatic nitrogens is 2. The van der Waals surface area contributed by atoms with E-state index in [4.69, 9.17) is 0 Å². The average Bonchev–Trinajstić information content (AvgIpc) is 2.96. The first-order valence-corrected chi connectivity index (χ1v) is 7.18. The third kappa shape index (κ3) is 6.05. The Bertz CT molecular complexity index is 578. The van der Waals surface area contributed by atoms with Crippen molar-refractivity contribution >= 4 is 29.9 Å². The normalized spacial score (nSPS) is 11.2. The van der Waals surface area contributed by atoms with Gasteiger partial charge in [0.15, 0.2) is 5.96 Å². The maximum absolute atomic E-state index is 4.21. The number of rotatable bonds is 5. The van der Waals surface area contributed by atoms with Gasteiger partial charge in [-0.05, 0) is 25.0 Å². The summed E-state index contributed by atoms with van der Waals surface area (Å²) in [4.78, 5) is 8.27. The van der Waals surface area contributed by atoms with Gasteiger partial charge in [0.2, 0.25) is 0 Å². The van der Waals surface area contributed by atoms with Crippen LogP contribution in [0.4, 0.5) is 0 Å². The molecule has 0 spiro atoms. The second-order valence-electron chi connectivity index (χ2n) is 5.28. The summed E-state index contributed by atoms with van der Waals surface area (Å²) in [6, 6.07) is 8.90. The summed E-state index contributed by atoms with van der Waals surface area (Å²) >= 11 is 0. The van der Waals surface area contributed by atoms with Crippen LogP contribution in [0.1, 0.15) is 25.0 Å². The molecule has 2 N–H and O–H groups in total. The topological polar surface area (TPSA) is 54.2 Å². The van der Waals surface area contributed by atoms with Gasteiger partial charge in [0, 0.05) is 38.6 Å². The molecule has 120 valence electrons. The smallest absolute Gasteiger partial charge is 0.191 e. The Kier molecular flexibility index (Phi) is 7.94. The molecule has 2 rings (SSSR count). The van der Waals surface area contributed by atoms with Gasteiger partial charge in [-0.1, -0.05) is 24.3 Å². The first-order chi connectivity index (χ1) is 10.2. The molecule has 0 saturated heterocycles. The van der Waals surface area contributed by atoms with Crippen LogP contribution in [-0.2, 0) is 13.1 Å². The summed E-state index contributed by atoms with van der Waals surface area (Å²) in [6.07, 6.45) is 5.60. The van der Waals surface area contributed by atoms with Crippen LogP contribution in [0.5, 0.6) is 0 Å². The van der Waals surface area contributed by atoms with Crippen molar-refractivity contribution in [2.75, 3.05) is 7.05 Å². The predicted octanol–water partition coefficient (Wildman–Crippen LogP) is 2.62. The quantitative estimate of drug-likeness (QED) is 0.450. The van der Waals surface area contributed by atoms with Crippen molar-refractivity contribution in [1.82, 2.24) is 20.2 Å². The van der Waals surface area contributed by atoms with Crippen LogP contribution in [0.2, 0.25) is 0 Å². The number of nitrogens with one attached hydrogen (secondary N) is 2. The molecule has 1 aromatic heterocycles. The van der Waals surface area contributed by atoms with Gasteiger partial charge in [-0.2, -0.15) is 0 Å². The predicted molar refractivity (Wildman–Crippen MR) is 102 cm³/mol. The van der Waals surface area contributed by atoms with Crippen LogP contribution < -0.4 is 10.6 Å². The molecule has 1 aromatic carbocycles. The number of hydrogen-bond donors (Lipinski definition) is 2. The number of guanidine groups is 1. The minimum Gasteiger partial charge on any atom is -0.354 e. The van der Waals surface area contributed by atoms with Crippen molar-refractivity contribution in [2.45, 2.75) is 33.0 Å². The molecule has 0 amide bonds. The van der Waals surface area contributed by atoms with Crippen LogP contribution in [-0.4, -0.2) is 28.6 Å². The average molecular weight is 413 g/mol. The van der Waals surface area contributed by atoms with E-state index in [1.807, 2.05) is 12.5 Å². The fourth-order valence-corrected chi connectivity index (χ4v) is 2.08. The van der Waals surface area contributed by atoms with E-state index in [-0.39, 0.29) is 24.0 Å². The zero-order valence-electron chi connectivity index (χ0n) is 13.3. The lowest BCUT2D eigenvalue weighted by atomic mass is 10.1. The second-order valence-corrected chi connectivity index (χ2v) is 5.28. The Labute approximate surface area is 149 Å². The molecular weight excluding hydrogens is 389 g/mol. The highest BCUT2D eigenvalue weighted by atomic mass is 127. The van der Waals surface area contributed by atoms with Gasteiger partial charge in [-0.3, -0.25) is 4.99 Å². The third-order valence-corrected chi connectivity index (χ3v) is 3.02. The van der Waals surface area contributed by atoms with Gasteiger partial charge in [-0.15, -0.1) is 24.0 Å². The first-order valence-electron chi connectivity index (χ1n) is 7.18. The van der Waals surface area contributed by atoms with Gasteiger partial charge in [0.25, 0.3) is 0 Å². The van der Waals surface area contributed by atoms with Crippen LogP contribution in [0, 0.1) is 0 Å². The third-order valence-electron chi connectivity index (χ3n) is 3.02. The largest absolute Gasteiger partial charge is 0.354 e. The lowest BCUT2D eigenvalue weighted by Gasteiger charge is -2.14. The Hall–Kier alpha value is -1.57. The zero-order valence-corrected chi connectivity index (χ0v) is 15.6. The molecule has 0 aliphatic carbocycles. The molecule has 5 nitrogen and oxygen atoms in total. The van der Waals surface area contributed by atoms with Crippen molar-refractivity contribution in [1.29, 1.82) is 0 Å². The molecule has 0 radical (unpaired) electrons. The summed E-state index contributed by atoms with van der Waals surface area (Å²) < 4.78 is 2.06. The maximum Gasteiger partial charge on any atom is 0.191 e. The molecule has 2 aromatic rings. The van der Waals surface area contributed by atoms with Crippen LogP contribution in [0.3, 0.4) is 0 Å². The molecule has 0 saturated carbocycles. The van der Waals surface area contributed by atoms with E-state index in [1.165, 1.54) is 11.1 Å². The second kappa shape index (κ2) is 9.45. The Morgan fingerprint density at radius 3 is 2.73 bits per heavy atom. The lowest BCUT2D eigenvalue weighted by Crippen LogP contribution is -2.40. The summed E-state index contributed by atoms with van der Waals surface area (Å²) in [6.45, 7) is 5.79. The highest BCUT2D eigenvalue weighted by molar-refractivity contribution is 14.0. The molecule has 22 heavy (non-hydrogen) atoms. The van der Waals surface area contributed by atoms with Crippen molar-refractivity contribution in [2.24, 2.45) is 4.99 Å². The first kappa shape index (κ1) is 18.5. The SMILES string of the molecule is CN=C(NCc1cccc(Cn2ccnc2)c1)NC(C)C.I. The summed E-state index contributed by atoms with van der Waals surface area (Å²) in [5.41, 5.74) is 2.50. The van der Waals surface area contributed by atoms with E-state index in [0.29, 0.717) is 6.04 Å². The van der Waals surface area contributed by atoms with E-state index >= 15 is 0 Å². The number of benzene rings is 1. The van der Waals surface area contributed by atoms with Gasteiger partial charge < -0.3 is 15.2 Å². The Balaban J connectivity index is 0.00000242. The van der Waals surface area contributed by atoms with E-state index in [9.17, 15) is 0 Å². The fourth-order valence-electron chi connectivity index (χ4n) is 2.08. The summed E-state index contributed by atoms with van der Waals surface area (Å²) in [5.74, 6) is 0.824. The molecule has 0 fully saturated rings. The van der Waals surface area contributed by atoms with Crippen molar-refractivity contribution in [3.63, 3.8) is 0 Å². The molecule has 0 bridgehead atoms. The molecule has 0 unspecified atom stereocenters. The van der Waals surface area contributed by atoms with Gasteiger partial charge >= 0.3 is 0 Å². The van der Waals surface area contributed by atoms with Crippen LogP contribution in [0.15, 0.2) is 48.0 Å². The zero-order chi connectivity index (χ0) is 15.1. The van der Waals surface area contributed by atoms with Crippen LogP contribution in [0.25, 0.3) is 0 Å². The highest BCUT2D eigenvalue weighted by Crippen LogP contribution is 2.07. The van der Waals surface area contributed by atoms with E-state index in [0.717, 1.165) is 19.0 Å². The molecule has 6 heteroatoms. The van der Waals surface area contributed by atoms with Crippen LogP contribution >= 0.6 is 24.0 Å². The minimum absolute atomic E-state index is 0. The van der Waals surface area contributed by atoms with Crippen molar-refractivity contribution < 1.29 is 0 Å². The summed E-state index contributed by atoms with van der Waals surface area (Å²) in [5, 5.41) is 6.60. The highest BCUT2D eigenvalue weighted by Gasteiger charge is 2.01. The maximum atomic E-state index is 4.21. The molecule has 1 heterocycles. The van der Waals surface area contributed by atoms with Crippen molar-refractivity contribution in [3.8, 4) is 0 Å². The number of hydrogen-bond acceptors (Lipinski definition) is 2. The number of halogens is 1. The van der Waals surface area contributed by atoms with E-state index in [2.05, 4.69) is 63.3 Å². The standard InChI is InChI=1S/C16H23N5.HI/c1-13(2)20-16(17-3)19-10-14-5-4-6-15(9-14)11-21-8-7-18-12-21;/h4-9,12-13H,10-11H2,1-3H3,(H2,17,19,20);1H.